The van der Waals surface area contributed by atoms with Gasteiger partial charge in [0.05, 0.1) is 5.56 Å². The molecule has 0 aliphatic carbocycles. The van der Waals surface area contributed by atoms with Crippen LogP contribution < -0.4 is 5.32 Å². The van der Waals surface area contributed by atoms with Crippen LogP contribution in [0.5, 0.6) is 0 Å². The zero-order valence-corrected chi connectivity index (χ0v) is 12.1. The number of nitrogens with one attached hydrogen (secondary N) is 1. The van der Waals surface area contributed by atoms with Crippen LogP contribution in [0.1, 0.15) is 29.5 Å². The summed E-state index contributed by atoms with van der Waals surface area (Å²) in [7, 11) is 0. The molecule has 1 atom stereocenters. The van der Waals surface area contributed by atoms with Gasteiger partial charge in [-0.2, -0.15) is 0 Å². The van der Waals surface area contributed by atoms with Crippen molar-refractivity contribution in [2.75, 3.05) is 5.32 Å². The van der Waals surface area contributed by atoms with Crippen LogP contribution in [0.15, 0.2) is 34.9 Å². The van der Waals surface area contributed by atoms with Gasteiger partial charge < -0.3 is 14.6 Å². The van der Waals surface area contributed by atoms with Gasteiger partial charge in [-0.3, -0.25) is 4.79 Å². The van der Waals surface area contributed by atoms with Gasteiger partial charge in [0.1, 0.15) is 11.6 Å². The summed E-state index contributed by atoms with van der Waals surface area (Å²) in [5.41, 5.74) is -0.217. The number of aryl methyl sites for hydroxylation is 1. The molecule has 1 amide bonds. The number of halogens is 1. The van der Waals surface area contributed by atoms with Crippen molar-refractivity contribution in [3.8, 4) is 0 Å². The van der Waals surface area contributed by atoms with E-state index in [4.69, 9.17) is 9.26 Å². The molecule has 0 aliphatic rings. The van der Waals surface area contributed by atoms with Crippen LogP contribution in [0.25, 0.3) is 0 Å². The molecule has 2 rings (SSSR count). The average Bonchev–Trinajstić information content (AvgIpc) is 2.90. The Hall–Kier alpha value is -2.70. The standard InChI is InChI=1S/C15H15FN2O4/c1-3-12(14(19)17-13-8-9(2)22-18-13)21-15(20)10-6-4-5-7-11(10)16/h4-8,12H,3H2,1-2H3,(H,17,18,19)/t12-/m1/s1. The molecule has 0 saturated heterocycles. The Kier molecular flexibility index (Phi) is 4.88. The molecule has 1 N–H and O–H groups in total. The lowest BCUT2D eigenvalue weighted by Crippen LogP contribution is -2.32. The van der Waals surface area contributed by atoms with Gasteiger partial charge in [-0.15, -0.1) is 0 Å². The minimum absolute atomic E-state index is 0.217. The number of hydrogen-bond acceptors (Lipinski definition) is 5. The summed E-state index contributed by atoms with van der Waals surface area (Å²) in [5.74, 6) is -1.39. The molecule has 6 nitrogen and oxygen atoms in total. The second-order valence-electron chi connectivity index (χ2n) is 4.59. The van der Waals surface area contributed by atoms with Gasteiger partial charge in [0, 0.05) is 6.07 Å². The van der Waals surface area contributed by atoms with Crippen molar-refractivity contribution in [2.45, 2.75) is 26.4 Å². The number of benzene rings is 1. The van der Waals surface area contributed by atoms with Crippen molar-refractivity contribution in [3.63, 3.8) is 0 Å². The summed E-state index contributed by atoms with van der Waals surface area (Å²) in [6.45, 7) is 3.35. The van der Waals surface area contributed by atoms with E-state index in [0.29, 0.717) is 5.76 Å². The number of ether oxygens (including phenoxy) is 1. The van der Waals surface area contributed by atoms with Crippen molar-refractivity contribution >= 4 is 17.7 Å². The zero-order valence-electron chi connectivity index (χ0n) is 12.1. The minimum atomic E-state index is -1.05. The second kappa shape index (κ2) is 6.84. The Balaban J connectivity index is 2.04. The topological polar surface area (TPSA) is 81.4 Å². The van der Waals surface area contributed by atoms with Crippen LogP contribution in [-0.4, -0.2) is 23.1 Å². The van der Waals surface area contributed by atoms with E-state index in [9.17, 15) is 14.0 Å². The Labute approximate surface area is 126 Å². The molecule has 116 valence electrons. The van der Waals surface area contributed by atoms with E-state index in [-0.39, 0.29) is 17.8 Å². The summed E-state index contributed by atoms with van der Waals surface area (Å²) in [6, 6.07) is 6.95. The molecule has 2 aromatic rings. The van der Waals surface area contributed by atoms with Crippen LogP contribution in [-0.2, 0) is 9.53 Å². The fourth-order valence-corrected chi connectivity index (χ4v) is 1.77. The number of rotatable bonds is 5. The van der Waals surface area contributed by atoms with Gasteiger partial charge in [0.25, 0.3) is 5.91 Å². The summed E-state index contributed by atoms with van der Waals surface area (Å²) in [5, 5.41) is 6.09. The van der Waals surface area contributed by atoms with Crippen LogP contribution in [0.3, 0.4) is 0 Å². The first-order valence-electron chi connectivity index (χ1n) is 6.71. The number of hydrogen-bond donors (Lipinski definition) is 1. The van der Waals surface area contributed by atoms with Crippen LogP contribution in [0.4, 0.5) is 10.2 Å². The number of esters is 1. The first-order chi connectivity index (χ1) is 10.5. The fraction of sp³-hybridized carbons (Fsp3) is 0.267. The van der Waals surface area contributed by atoms with Crippen molar-refractivity contribution in [1.29, 1.82) is 0 Å². The van der Waals surface area contributed by atoms with Crippen molar-refractivity contribution in [2.24, 2.45) is 0 Å². The van der Waals surface area contributed by atoms with E-state index < -0.39 is 23.8 Å². The quantitative estimate of drug-likeness (QED) is 0.859. The maximum atomic E-state index is 13.5. The smallest absolute Gasteiger partial charge is 0.341 e. The number of nitrogens with zero attached hydrogens (tertiary/aromatic N) is 1. The van der Waals surface area contributed by atoms with E-state index in [2.05, 4.69) is 10.5 Å². The number of carbonyl (C=O) groups is 2. The highest BCUT2D eigenvalue weighted by Gasteiger charge is 2.24. The molecule has 0 radical (unpaired) electrons. The second-order valence-corrected chi connectivity index (χ2v) is 4.59. The van der Waals surface area contributed by atoms with E-state index in [0.717, 1.165) is 6.07 Å². The molecule has 1 aromatic carbocycles. The molecule has 22 heavy (non-hydrogen) atoms. The highest BCUT2D eigenvalue weighted by Crippen LogP contribution is 2.13. The van der Waals surface area contributed by atoms with Crippen molar-refractivity contribution < 1.29 is 23.2 Å². The fourth-order valence-electron chi connectivity index (χ4n) is 1.77. The normalized spacial score (nSPS) is 11.8. The third kappa shape index (κ3) is 3.69. The van der Waals surface area contributed by atoms with Gasteiger partial charge in [-0.25, -0.2) is 9.18 Å². The molecule has 0 unspecified atom stereocenters. The average molecular weight is 306 g/mol. The number of aromatic nitrogens is 1. The first kappa shape index (κ1) is 15.7. The molecule has 0 spiro atoms. The number of anilines is 1. The molecule has 1 heterocycles. The lowest BCUT2D eigenvalue weighted by atomic mass is 10.2. The molecule has 0 bridgehead atoms. The molecular formula is C15H15FN2O4. The van der Waals surface area contributed by atoms with E-state index >= 15 is 0 Å². The SMILES string of the molecule is CC[C@@H](OC(=O)c1ccccc1F)C(=O)Nc1cc(C)on1. The van der Waals surface area contributed by atoms with Gasteiger partial charge in [0.2, 0.25) is 0 Å². The molecule has 0 aliphatic heterocycles. The Morgan fingerprint density at radius 1 is 1.41 bits per heavy atom. The summed E-state index contributed by atoms with van der Waals surface area (Å²) in [4.78, 5) is 24.0. The Morgan fingerprint density at radius 2 is 2.14 bits per heavy atom. The maximum absolute atomic E-state index is 13.5. The molecule has 7 heteroatoms. The zero-order chi connectivity index (χ0) is 16.1. The lowest BCUT2D eigenvalue weighted by Gasteiger charge is -2.15. The van der Waals surface area contributed by atoms with E-state index in [1.54, 1.807) is 13.8 Å². The summed E-state index contributed by atoms with van der Waals surface area (Å²) >= 11 is 0. The number of amides is 1. The first-order valence-corrected chi connectivity index (χ1v) is 6.71. The predicted molar refractivity (Wildman–Crippen MR) is 75.8 cm³/mol. The molecular weight excluding hydrogens is 291 g/mol. The van der Waals surface area contributed by atoms with Crippen LogP contribution >= 0.6 is 0 Å². The number of carbonyl (C=O) groups excluding carboxylic acids is 2. The van der Waals surface area contributed by atoms with Crippen LogP contribution in [0.2, 0.25) is 0 Å². The third-order valence-corrected chi connectivity index (χ3v) is 2.89. The van der Waals surface area contributed by atoms with Gasteiger partial charge in [-0.05, 0) is 25.5 Å². The Bertz CT molecular complexity index is 684. The maximum Gasteiger partial charge on any atom is 0.341 e. The molecule has 0 fully saturated rings. The summed E-state index contributed by atoms with van der Waals surface area (Å²) in [6.07, 6.45) is -0.813. The largest absolute Gasteiger partial charge is 0.449 e. The predicted octanol–water partition coefficient (Wildman–Crippen LogP) is 2.70. The van der Waals surface area contributed by atoms with E-state index in [1.807, 2.05) is 0 Å². The molecule has 1 aromatic heterocycles. The van der Waals surface area contributed by atoms with Gasteiger partial charge >= 0.3 is 5.97 Å². The molecule has 0 saturated carbocycles. The van der Waals surface area contributed by atoms with Crippen molar-refractivity contribution in [1.82, 2.24) is 5.16 Å². The highest BCUT2D eigenvalue weighted by molar-refractivity contribution is 5.97. The van der Waals surface area contributed by atoms with Crippen molar-refractivity contribution in [3.05, 3.63) is 47.5 Å². The third-order valence-electron chi connectivity index (χ3n) is 2.89. The van der Waals surface area contributed by atoms with Gasteiger partial charge in [-0.1, -0.05) is 24.2 Å². The minimum Gasteiger partial charge on any atom is -0.449 e. The lowest BCUT2D eigenvalue weighted by molar-refractivity contribution is -0.124. The van der Waals surface area contributed by atoms with E-state index in [1.165, 1.54) is 24.3 Å². The monoisotopic (exact) mass is 306 g/mol. The van der Waals surface area contributed by atoms with Crippen LogP contribution in [0, 0.1) is 12.7 Å². The van der Waals surface area contributed by atoms with Gasteiger partial charge in [0.15, 0.2) is 11.9 Å². The highest BCUT2D eigenvalue weighted by atomic mass is 19.1. The summed E-state index contributed by atoms with van der Waals surface area (Å²) < 4.78 is 23.4. The Morgan fingerprint density at radius 3 is 2.73 bits per heavy atom.